The van der Waals surface area contributed by atoms with E-state index in [-0.39, 0.29) is 0 Å². The third kappa shape index (κ3) is 2.39. The van der Waals surface area contributed by atoms with E-state index in [1.807, 2.05) is 4.81 Å². The van der Waals surface area contributed by atoms with Crippen LogP contribution in [-0.2, 0) is 6.54 Å². The lowest BCUT2D eigenvalue weighted by Gasteiger charge is -2.26. The fourth-order valence-electron chi connectivity index (χ4n) is 2.16. The van der Waals surface area contributed by atoms with Crippen LogP contribution in [-0.4, -0.2) is 39.0 Å². The van der Waals surface area contributed by atoms with Crippen LogP contribution in [0.4, 0.5) is 5.69 Å². The standard InChI is InChI=1S/C12H18BN3/c1-15(12-6-7-16(13)9-12)11-4-2-10(8-14)3-5-11/h2-5,12H,6-9,14H2,1H3. The van der Waals surface area contributed by atoms with Crippen LogP contribution in [0.15, 0.2) is 24.3 Å². The molecule has 3 nitrogen and oxygen atoms in total. The summed E-state index contributed by atoms with van der Waals surface area (Å²) in [4.78, 5) is 4.18. The van der Waals surface area contributed by atoms with Crippen LogP contribution in [0.1, 0.15) is 12.0 Å². The Morgan fingerprint density at radius 1 is 1.44 bits per heavy atom. The average Bonchev–Trinajstić information content (AvgIpc) is 2.75. The van der Waals surface area contributed by atoms with Crippen molar-refractivity contribution in [2.24, 2.45) is 5.73 Å². The molecule has 1 aliphatic heterocycles. The predicted molar refractivity (Wildman–Crippen MR) is 68.5 cm³/mol. The zero-order valence-corrected chi connectivity index (χ0v) is 9.76. The van der Waals surface area contributed by atoms with Gasteiger partial charge in [-0.15, -0.1) is 0 Å². The molecule has 1 atom stereocenters. The highest BCUT2D eigenvalue weighted by Gasteiger charge is 2.22. The smallest absolute Gasteiger partial charge is 0.182 e. The molecule has 0 spiro atoms. The van der Waals surface area contributed by atoms with Gasteiger partial charge in [0.1, 0.15) is 0 Å². The van der Waals surface area contributed by atoms with Gasteiger partial charge in [-0.3, -0.25) is 0 Å². The number of benzene rings is 1. The number of likely N-dealkylation sites (N-methyl/N-ethyl adjacent to an activating group) is 1. The average molecular weight is 215 g/mol. The minimum atomic E-state index is 0.522. The molecule has 1 heterocycles. The van der Waals surface area contributed by atoms with Crippen molar-refractivity contribution >= 4 is 13.7 Å². The maximum absolute atomic E-state index is 5.78. The number of hydrogen-bond acceptors (Lipinski definition) is 3. The molecule has 1 saturated heterocycles. The Labute approximate surface area is 98.6 Å². The molecule has 84 valence electrons. The Morgan fingerprint density at radius 2 is 2.12 bits per heavy atom. The summed E-state index contributed by atoms with van der Waals surface area (Å²) >= 11 is 0. The predicted octanol–water partition coefficient (Wildman–Crippen LogP) is 0.739. The second-order valence-electron chi connectivity index (χ2n) is 4.42. The summed E-state index contributed by atoms with van der Waals surface area (Å²) in [6.07, 6.45) is 1.13. The van der Waals surface area contributed by atoms with Crippen LogP contribution < -0.4 is 10.6 Å². The van der Waals surface area contributed by atoms with Gasteiger partial charge in [-0.05, 0) is 30.7 Å². The first-order chi connectivity index (χ1) is 7.70. The second kappa shape index (κ2) is 4.89. The molecular weight excluding hydrogens is 197 g/mol. The lowest BCUT2D eigenvalue weighted by atomic mass is 10.1. The van der Waals surface area contributed by atoms with Gasteiger partial charge in [0.25, 0.3) is 0 Å². The van der Waals surface area contributed by atoms with Gasteiger partial charge >= 0.3 is 0 Å². The van der Waals surface area contributed by atoms with E-state index in [4.69, 9.17) is 13.7 Å². The molecular formula is C12H18BN3. The Morgan fingerprint density at radius 3 is 2.62 bits per heavy atom. The van der Waals surface area contributed by atoms with Crippen LogP contribution in [0.2, 0.25) is 0 Å². The quantitative estimate of drug-likeness (QED) is 0.755. The molecule has 1 unspecified atom stereocenters. The summed E-state index contributed by atoms with van der Waals surface area (Å²) in [5.74, 6) is 0. The molecule has 2 rings (SSSR count). The van der Waals surface area contributed by atoms with Gasteiger partial charge < -0.3 is 15.4 Å². The maximum Gasteiger partial charge on any atom is 0.182 e. The third-order valence-electron chi connectivity index (χ3n) is 3.32. The molecule has 0 bridgehead atoms. The van der Waals surface area contributed by atoms with E-state index in [0.717, 1.165) is 19.5 Å². The van der Waals surface area contributed by atoms with Crippen molar-refractivity contribution in [3.8, 4) is 0 Å². The summed E-state index contributed by atoms with van der Waals surface area (Å²) in [6.45, 7) is 2.52. The van der Waals surface area contributed by atoms with Crippen molar-refractivity contribution in [3.05, 3.63) is 29.8 Å². The van der Waals surface area contributed by atoms with Gasteiger partial charge in [-0.1, -0.05) is 12.1 Å². The van der Waals surface area contributed by atoms with Crippen molar-refractivity contribution in [3.63, 3.8) is 0 Å². The zero-order chi connectivity index (χ0) is 11.5. The summed E-state index contributed by atoms with van der Waals surface area (Å²) in [5.41, 5.74) is 7.98. The zero-order valence-electron chi connectivity index (χ0n) is 9.76. The topological polar surface area (TPSA) is 32.5 Å². The van der Waals surface area contributed by atoms with Gasteiger partial charge in [-0.2, -0.15) is 0 Å². The van der Waals surface area contributed by atoms with Gasteiger partial charge in [0, 0.05) is 31.9 Å². The summed E-state index contributed by atoms with van der Waals surface area (Å²) in [6, 6.07) is 8.94. The lowest BCUT2D eigenvalue weighted by Crippen LogP contribution is -2.33. The molecule has 1 aromatic rings. The number of nitrogens with two attached hydrogens (primary N) is 1. The minimum absolute atomic E-state index is 0.522. The van der Waals surface area contributed by atoms with Crippen molar-refractivity contribution < 1.29 is 0 Å². The number of anilines is 1. The van der Waals surface area contributed by atoms with E-state index in [2.05, 4.69) is 36.2 Å². The molecule has 0 aliphatic carbocycles. The number of nitrogens with zero attached hydrogens (tertiary/aromatic N) is 2. The van der Waals surface area contributed by atoms with E-state index in [9.17, 15) is 0 Å². The molecule has 1 fully saturated rings. The molecule has 2 radical (unpaired) electrons. The first-order valence-electron chi connectivity index (χ1n) is 5.72. The first kappa shape index (κ1) is 11.5. The SMILES string of the molecule is [B]N1CCC(N(C)c2ccc(CN)cc2)C1. The molecule has 16 heavy (non-hydrogen) atoms. The molecule has 1 aromatic carbocycles. The van der Waals surface area contributed by atoms with Crippen LogP contribution >= 0.6 is 0 Å². The Kier molecular flexibility index (Phi) is 3.51. The third-order valence-corrected chi connectivity index (χ3v) is 3.32. The number of hydrogen-bond donors (Lipinski definition) is 1. The van der Waals surface area contributed by atoms with E-state index < -0.39 is 0 Å². The van der Waals surface area contributed by atoms with Gasteiger partial charge in [0.15, 0.2) is 7.98 Å². The van der Waals surface area contributed by atoms with Crippen LogP contribution in [0, 0.1) is 0 Å². The van der Waals surface area contributed by atoms with E-state index >= 15 is 0 Å². The van der Waals surface area contributed by atoms with E-state index in [1.54, 1.807) is 0 Å². The molecule has 1 aliphatic rings. The van der Waals surface area contributed by atoms with E-state index in [1.165, 1.54) is 11.3 Å². The highest BCUT2D eigenvalue weighted by molar-refractivity contribution is 6.04. The summed E-state index contributed by atoms with van der Waals surface area (Å²) in [5, 5.41) is 0. The normalized spacial score (nSPS) is 21.2. The Balaban J connectivity index is 2.05. The highest BCUT2D eigenvalue weighted by atomic mass is 15.2. The molecule has 0 saturated carbocycles. The van der Waals surface area contributed by atoms with Crippen molar-refractivity contribution in [1.82, 2.24) is 4.81 Å². The monoisotopic (exact) mass is 215 g/mol. The summed E-state index contributed by atoms with van der Waals surface area (Å²) < 4.78 is 0. The van der Waals surface area contributed by atoms with Crippen LogP contribution in [0.3, 0.4) is 0 Å². The largest absolute Gasteiger partial charge is 0.370 e. The van der Waals surface area contributed by atoms with Crippen LogP contribution in [0.25, 0.3) is 0 Å². The maximum atomic E-state index is 5.78. The second-order valence-corrected chi connectivity index (χ2v) is 4.42. The Bertz CT molecular complexity index is 339. The van der Waals surface area contributed by atoms with Crippen molar-refractivity contribution in [2.45, 2.75) is 19.0 Å². The van der Waals surface area contributed by atoms with Gasteiger partial charge in [0.05, 0.1) is 0 Å². The molecule has 2 N–H and O–H groups in total. The molecule has 0 amide bonds. The minimum Gasteiger partial charge on any atom is -0.370 e. The van der Waals surface area contributed by atoms with Crippen molar-refractivity contribution in [2.75, 3.05) is 25.0 Å². The van der Waals surface area contributed by atoms with Crippen molar-refractivity contribution in [1.29, 1.82) is 0 Å². The fourth-order valence-corrected chi connectivity index (χ4v) is 2.16. The van der Waals surface area contributed by atoms with E-state index in [0.29, 0.717) is 12.6 Å². The first-order valence-corrected chi connectivity index (χ1v) is 5.72. The molecule has 4 heteroatoms. The lowest BCUT2D eigenvalue weighted by molar-refractivity contribution is 0.547. The number of rotatable bonds is 3. The van der Waals surface area contributed by atoms with Gasteiger partial charge in [0.2, 0.25) is 0 Å². The fraction of sp³-hybridized carbons (Fsp3) is 0.500. The summed E-state index contributed by atoms with van der Waals surface area (Å²) in [7, 11) is 7.90. The Hall–Kier alpha value is -0.995. The van der Waals surface area contributed by atoms with Crippen LogP contribution in [0.5, 0.6) is 0 Å². The molecule has 0 aromatic heterocycles. The highest BCUT2D eigenvalue weighted by Crippen LogP contribution is 2.20. The van der Waals surface area contributed by atoms with Gasteiger partial charge in [-0.25, -0.2) is 0 Å².